The van der Waals surface area contributed by atoms with Gasteiger partial charge >= 0.3 is 0 Å². The number of ether oxygens (including phenoxy) is 1. The van der Waals surface area contributed by atoms with Crippen molar-refractivity contribution in [2.24, 2.45) is 4.99 Å². The highest BCUT2D eigenvalue weighted by Crippen LogP contribution is 2.35. The van der Waals surface area contributed by atoms with Crippen molar-refractivity contribution in [3.8, 4) is 0 Å². The van der Waals surface area contributed by atoms with Gasteiger partial charge in [-0.3, -0.25) is 9.69 Å². The zero-order chi connectivity index (χ0) is 23.2. The van der Waals surface area contributed by atoms with E-state index in [-0.39, 0.29) is 5.91 Å². The number of aliphatic imine (C=N–C) groups is 1. The van der Waals surface area contributed by atoms with Gasteiger partial charge < -0.3 is 14.1 Å². The molecule has 3 aromatic rings. The fraction of sp³-hybridized carbons (Fsp3) is 0.259. The fourth-order valence-corrected chi connectivity index (χ4v) is 4.99. The van der Waals surface area contributed by atoms with Gasteiger partial charge in [0.25, 0.3) is 5.91 Å². The summed E-state index contributed by atoms with van der Waals surface area (Å²) in [4.78, 5) is 22.7. The van der Waals surface area contributed by atoms with Gasteiger partial charge in [-0.05, 0) is 48.4 Å². The summed E-state index contributed by atoms with van der Waals surface area (Å²) in [5.74, 6) is 1.45. The minimum absolute atomic E-state index is 0.0305. The Morgan fingerprint density at radius 3 is 2.44 bits per heavy atom. The summed E-state index contributed by atoms with van der Waals surface area (Å²) >= 11 is 1.40. The molecule has 6 nitrogen and oxygen atoms in total. The second-order valence-corrected chi connectivity index (χ2v) is 9.17. The topological polar surface area (TPSA) is 58.3 Å². The smallest absolute Gasteiger partial charge is 0.266 e. The van der Waals surface area contributed by atoms with Gasteiger partial charge in [0.15, 0.2) is 11.1 Å². The van der Waals surface area contributed by atoms with Crippen LogP contribution in [0.4, 0.5) is 11.6 Å². The molecule has 34 heavy (non-hydrogen) atoms. The lowest BCUT2D eigenvalue weighted by molar-refractivity contribution is -0.122. The van der Waals surface area contributed by atoms with E-state index in [1.54, 1.807) is 4.90 Å². The number of carbonyl (C=O) groups excluding carboxylic acids is 1. The maximum atomic E-state index is 13.3. The van der Waals surface area contributed by atoms with E-state index in [4.69, 9.17) is 14.1 Å². The molecule has 7 heteroatoms. The number of hydrogen-bond donors (Lipinski definition) is 0. The molecule has 2 aliphatic rings. The first-order valence-electron chi connectivity index (χ1n) is 11.6. The predicted octanol–water partition coefficient (Wildman–Crippen LogP) is 5.35. The molecule has 0 aliphatic carbocycles. The lowest BCUT2D eigenvalue weighted by Crippen LogP contribution is -2.35. The lowest BCUT2D eigenvalue weighted by atomic mass is 10.1. The van der Waals surface area contributed by atoms with Gasteiger partial charge in [0.1, 0.15) is 5.76 Å². The van der Waals surface area contributed by atoms with Crippen LogP contribution < -0.4 is 4.90 Å². The Morgan fingerprint density at radius 1 is 0.941 bits per heavy atom. The van der Waals surface area contributed by atoms with E-state index in [1.807, 2.05) is 66.7 Å². The molecule has 1 aromatic heterocycles. The average Bonchev–Trinajstić information content (AvgIpc) is 3.46. The molecule has 2 fully saturated rings. The van der Waals surface area contributed by atoms with Gasteiger partial charge in [-0.15, -0.1) is 0 Å². The molecule has 0 unspecified atom stereocenters. The number of aryl methyl sites for hydroxylation is 1. The second kappa shape index (κ2) is 10.8. The van der Waals surface area contributed by atoms with Gasteiger partial charge in [0.2, 0.25) is 0 Å². The minimum atomic E-state index is -0.0305. The van der Waals surface area contributed by atoms with Crippen molar-refractivity contribution in [3.63, 3.8) is 0 Å². The number of rotatable bonds is 7. The highest BCUT2D eigenvalue weighted by Gasteiger charge is 2.33. The van der Waals surface area contributed by atoms with E-state index in [1.165, 1.54) is 17.3 Å². The van der Waals surface area contributed by atoms with Crippen molar-refractivity contribution in [1.29, 1.82) is 0 Å². The van der Waals surface area contributed by atoms with E-state index in [0.717, 1.165) is 37.5 Å². The summed E-state index contributed by atoms with van der Waals surface area (Å²) in [6.07, 6.45) is 3.60. The number of nitrogens with zero attached hydrogens (tertiary/aromatic N) is 3. The van der Waals surface area contributed by atoms with Crippen LogP contribution >= 0.6 is 11.8 Å². The summed E-state index contributed by atoms with van der Waals surface area (Å²) in [5.41, 5.74) is 2.10. The Morgan fingerprint density at radius 2 is 1.68 bits per heavy atom. The summed E-state index contributed by atoms with van der Waals surface area (Å²) in [5, 5.41) is 0.704. The zero-order valence-electron chi connectivity index (χ0n) is 18.9. The average molecular weight is 474 g/mol. The Labute approximate surface area is 203 Å². The van der Waals surface area contributed by atoms with Crippen LogP contribution in [0.15, 0.2) is 87.1 Å². The molecule has 2 saturated heterocycles. The number of benzene rings is 2. The van der Waals surface area contributed by atoms with E-state index >= 15 is 0 Å². The number of carbonyl (C=O) groups is 1. The molecule has 1 amide bonds. The molecule has 3 heterocycles. The number of thioether (sulfide) groups is 1. The third kappa shape index (κ3) is 5.43. The monoisotopic (exact) mass is 473 g/mol. The normalized spacial score (nSPS) is 18.9. The van der Waals surface area contributed by atoms with E-state index in [2.05, 4.69) is 17.0 Å². The number of amides is 1. The highest BCUT2D eigenvalue weighted by atomic mass is 32.2. The van der Waals surface area contributed by atoms with Crippen LogP contribution in [0, 0.1) is 0 Å². The zero-order valence-corrected chi connectivity index (χ0v) is 19.7. The molecule has 2 aliphatic heterocycles. The van der Waals surface area contributed by atoms with E-state index < -0.39 is 0 Å². The van der Waals surface area contributed by atoms with E-state index in [0.29, 0.717) is 35.6 Å². The standard InChI is InChI=1S/C27H27N3O3S/c31-26-24(20-23-13-14-25(33-23)29-16-18-32-19-17-29)34-27(28-22-11-5-2-6-12-22)30(26)15-7-10-21-8-3-1-4-9-21/h1-6,8-9,11-14,20H,7,10,15-19H2/b24-20-,28-27?. The SMILES string of the molecule is O=C1/C(=C/c2ccc(N3CCOCC3)o2)SC(=Nc2ccccc2)N1CCCc1ccccc1. The van der Waals surface area contributed by atoms with Crippen molar-refractivity contribution in [1.82, 2.24) is 4.90 Å². The molecular formula is C27H27N3O3S. The summed E-state index contributed by atoms with van der Waals surface area (Å²) in [6, 6.07) is 24.0. The third-order valence-electron chi connectivity index (χ3n) is 5.77. The first-order chi connectivity index (χ1) is 16.8. The largest absolute Gasteiger partial charge is 0.441 e. The minimum Gasteiger partial charge on any atom is -0.441 e. The second-order valence-electron chi connectivity index (χ2n) is 8.16. The first kappa shape index (κ1) is 22.5. The van der Waals surface area contributed by atoms with Crippen molar-refractivity contribution in [2.45, 2.75) is 12.8 Å². The van der Waals surface area contributed by atoms with Gasteiger partial charge in [-0.25, -0.2) is 4.99 Å². The maximum absolute atomic E-state index is 13.3. The van der Waals surface area contributed by atoms with Crippen molar-refractivity contribution in [2.75, 3.05) is 37.7 Å². The molecular weight excluding hydrogens is 446 g/mol. The summed E-state index contributed by atoms with van der Waals surface area (Å²) in [6.45, 7) is 3.62. The number of amidine groups is 1. The first-order valence-corrected chi connectivity index (χ1v) is 12.4. The predicted molar refractivity (Wildman–Crippen MR) is 137 cm³/mol. The number of furan rings is 1. The quantitative estimate of drug-likeness (QED) is 0.433. The molecule has 0 atom stereocenters. The van der Waals surface area contributed by atoms with Gasteiger partial charge in [0, 0.05) is 31.8 Å². The van der Waals surface area contributed by atoms with Crippen LogP contribution in [0.2, 0.25) is 0 Å². The van der Waals surface area contributed by atoms with Crippen LogP contribution in [0.1, 0.15) is 17.7 Å². The van der Waals surface area contributed by atoms with Crippen molar-refractivity contribution >= 4 is 40.5 Å². The summed E-state index contributed by atoms with van der Waals surface area (Å²) < 4.78 is 11.5. The summed E-state index contributed by atoms with van der Waals surface area (Å²) in [7, 11) is 0. The third-order valence-corrected chi connectivity index (χ3v) is 6.77. The lowest BCUT2D eigenvalue weighted by Gasteiger charge is -2.26. The molecule has 2 aromatic carbocycles. The Balaban J connectivity index is 1.34. The molecule has 0 saturated carbocycles. The Kier molecular flexibility index (Phi) is 7.12. The number of para-hydroxylation sites is 1. The van der Waals surface area contributed by atoms with Crippen LogP contribution in [0.5, 0.6) is 0 Å². The van der Waals surface area contributed by atoms with Crippen molar-refractivity contribution < 1.29 is 13.9 Å². The van der Waals surface area contributed by atoms with Gasteiger partial charge in [0.05, 0.1) is 23.8 Å². The number of hydrogen-bond acceptors (Lipinski definition) is 6. The van der Waals surface area contributed by atoms with Crippen LogP contribution in [0.3, 0.4) is 0 Å². The number of morpholine rings is 1. The Hall–Kier alpha value is -3.29. The van der Waals surface area contributed by atoms with Crippen LogP contribution in [-0.2, 0) is 16.0 Å². The fourth-order valence-electron chi connectivity index (χ4n) is 3.99. The highest BCUT2D eigenvalue weighted by molar-refractivity contribution is 8.18. The molecule has 0 N–H and O–H groups in total. The number of anilines is 1. The van der Waals surface area contributed by atoms with Crippen LogP contribution in [-0.4, -0.2) is 48.8 Å². The Bertz CT molecular complexity index is 1170. The molecule has 0 spiro atoms. The van der Waals surface area contributed by atoms with Gasteiger partial charge in [-0.1, -0.05) is 48.5 Å². The van der Waals surface area contributed by atoms with E-state index in [9.17, 15) is 4.79 Å². The molecule has 174 valence electrons. The van der Waals surface area contributed by atoms with Gasteiger partial charge in [-0.2, -0.15) is 0 Å². The maximum Gasteiger partial charge on any atom is 0.266 e. The molecule has 0 radical (unpaired) electrons. The van der Waals surface area contributed by atoms with Crippen LogP contribution in [0.25, 0.3) is 6.08 Å². The molecule has 5 rings (SSSR count). The van der Waals surface area contributed by atoms with Crippen molar-refractivity contribution in [3.05, 3.63) is 89.0 Å². The molecule has 0 bridgehead atoms.